The van der Waals surface area contributed by atoms with Gasteiger partial charge in [-0.1, -0.05) is 12.1 Å². The van der Waals surface area contributed by atoms with E-state index in [0.717, 1.165) is 4.88 Å². The number of halogens is 1. The average molecular weight is 332 g/mol. The molecule has 0 radical (unpaired) electrons. The van der Waals surface area contributed by atoms with Gasteiger partial charge < -0.3 is 9.80 Å². The van der Waals surface area contributed by atoms with Crippen LogP contribution in [0.2, 0.25) is 0 Å². The van der Waals surface area contributed by atoms with E-state index in [9.17, 15) is 14.0 Å². The Morgan fingerprint density at radius 2 is 1.78 bits per heavy atom. The molecular formula is C17H17FN2O2S. The minimum atomic E-state index is -0.416. The Kier molecular flexibility index (Phi) is 4.71. The van der Waals surface area contributed by atoms with Gasteiger partial charge in [-0.25, -0.2) is 4.39 Å². The van der Waals surface area contributed by atoms with E-state index in [4.69, 9.17) is 0 Å². The molecule has 120 valence electrons. The zero-order valence-corrected chi connectivity index (χ0v) is 13.4. The predicted octanol–water partition coefficient (Wildman–Crippen LogP) is 2.41. The second-order valence-corrected chi connectivity index (χ2v) is 6.47. The van der Waals surface area contributed by atoms with Crippen LogP contribution in [0.4, 0.5) is 4.39 Å². The van der Waals surface area contributed by atoms with Crippen molar-refractivity contribution in [2.75, 3.05) is 26.2 Å². The van der Waals surface area contributed by atoms with Crippen LogP contribution >= 0.6 is 11.3 Å². The predicted molar refractivity (Wildman–Crippen MR) is 86.9 cm³/mol. The molecule has 2 amide bonds. The second kappa shape index (κ2) is 6.91. The lowest BCUT2D eigenvalue weighted by Crippen LogP contribution is -2.51. The molecule has 0 atom stereocenters. The third-order valence-corrected chi connectivity index (χ3v) is 4.77. The molecule has 0 N–H and O–H groups in total. The smallest absolute Gasteiger partial charge is 0.254 e. The molecule has 23 heavy (non-hydrogen) atoms. The van der Waals surface area contributed by atoms with Crippen molar-refractivity contribution >= 4 is 23.2 Å². The monoisotopic (exact) mass is 332 g/mol. The van der Waals surface area contributed by atoms with Gasteiger partial charge in [-0.3, -0.25) is 9.59 Å². The Morgan fingerprint density at radius 3 is 2.43 bits per heavy atom. The number of piperazine rings is 1. The van der Waals surface area contributed by atoms with Crippen LogP contribution in [-0.4, -0.2) is 47.8 Å². The standard InChI is InChI=1S/C17H17FN2O2S/c18-14-4-1-3-13(11-14)17(22)20-8-6-19(7-9-20)16(21)12-15-5-2-10-23-15/h1-5,10-11H,6-9,12H2. The normalized spacial score (nSPS) is 14.8. The maximum atomic E-state index is 13.2. The van der Waals surface area contributed by atoms with E-state index in [1.54, 1.807) is 27.2 Å². The van der Waals surface area contributed by atoms with Crippen molar-refractivity contribution in [1.29, 1.82) is 0 Å². The Balaban J connectivity index is 1.55. The van der Waals surface area contributed by atoms with Crippen molar-refractivity contribution in [1.82, 2.24) is 9.80 Å². The van der Waals surface area contributed by atoms with E-state index in [1.807, 2.05) is 17.5 Å². The molecule has 1 aliphatic rings. The van der Waals surface area contributed by atoms with Crippen molar-refractivity contribution in [3.05, 3.63) is 58.0 Å². The highest BCUT2D eigenvalue weighted by Gasteiger charge is 2.25. The van der Waals surface area contributed by atoms with Crippen molar-refractivity contribution in [2.24, 2.45) is 0 Å². The molecule has 1 aliphatic heterocycles. The third kappa shape index (κ3) is 3.76. The summed E-state index contributed by atoms with van der Waals surface area (Å²) in [6, 6.07) is 9.59. The first-order valence-corrected chi connectivity index (χ1v) is 8.36. The molecule has 1 aromatic heterocycles. The molecule has 0 saturated carbocycles. The molecule has 0 spiro atoms. The Hall–Kier alpha value is -2.21. The zero-order chi connectivity index (χ0) is 16.2. The Bertz CT molecular complexity index is 694. The lowest BCUT2D eigenvalue weighted by atomic mass is 10.1. The van der Waals surface area contributed by atoms with Gasteiger partial charge in [-0.15, -0.1) is 11.3 Å². The molecule has 6 heteroatoms. The first-order valence-electron chi connectivity index (χ1n) is 7.48. The summed E-state index contributed by atoms with van der Waals surface area (Å²) in [5, 5.41) is 1.96. The highest BCUT2D eigenvalue weighted by Crippen LogP contribution is 2.14. The summed E-state index contributed by atoms with van der Waals surface area (Å²) in [5.41, 5.74) is 0.350. The van der Waals surface area contributed by atoms with Crippen LogP contribution in [0.3, 0.4) is 0 Å². The number of thiophene rings is 1. The summed E-state index contributed by atoms with van der Waals surface area (Å²) < 4.78 is 13.2. The molecule has 0 unspecified atom stereocenters. The fourth-order valence-corrected chi connectivity index (χ4v) is 3.33. The van der Waals surface area contributed by atoms with Crippen LogP contribution in [-0.2, 0) is 11.2 Å². The van der Waals surface area contributed by atoms with Crippen LogP contribution in [0, 0.1) is 5.82 Å². The molecule has 4 nitrogen and oxygen atoms in total. The van der Waals surface area contributed by atoms with E-state index >= 15 is 0 Å². The molecule has 0 aliphatic carbocycles. The van der Waals surface area contributed by atoms with Crippen molar-refractivity contribution < 1.29 is 14.0 Å². The largest absolute Gasteiger partial charge is 0.339 e. The number of rotatable bonds is 3. The van der Waals surface area contributed by atoms with Crippen LogP contribution < -0.4 is 0 Å². The highest BCUT2D eigenvalue weighted by molar-refractivity contribution is 7.10. The van der Waals surface area contributed by atoms with E-state index in [2.05, 4.69) is 0 Å². The maximum Gasteiger partial charge on any atom is 0.254 e. The second-order valence-electron chi connectivity index (χ2n) is 5.44. The topological polar surface area (TPSA) is 40.6 Å². The Morgan fingerprint density at radius 1 is 1.04 bits per heavy atom. The van der Waals surface area contributed by atoms with Crippen LogP contribution in [0.5, 0.6) is 0 Å². The molecule has 0 bridgehead atoms. The first-order chi connectivity index (χ1) is 11.1. The van der Waals surface area contributed by atoms with E-state index in [0.29, 0.717) is 38.2 Å². The number of hydrogen-bond donors (Lipinski definition) is 0. The number of carbonyl (C=O) groups is 2. The number of nitrogens with zero attached hydrogens (tertiary/aromatic N) is 2. The van der Waals surface area contributed by atoms with Gasteiger partial charge in [-0.05, 0) is 29.6 Å². The van der Waals surface area contributed by atoms with Crippen LogP contribution in [0.25, 0.3) is 0 Å². The van der Waals surface area contributed by atoms with Gasteiger partial charge in [-0.2, -0.15) is 0 Å². The van der Waals surface area contributed by atoms with Crippen LogP contribution in [0.15, 0.2) is 41.8 Å². The summed E-state index contributed by atoms with van der Waals surface area (Å²) in [4.78, 5) is 29.1. The molecule has 2 heterocycles. The summed E-state index contributed by atoms with van der Waals surface area (Å²) >= 11 is 1.57. The van der Waals surface area contributed by atoms with Gasteiger partial charge in [0.25, 0.3) is 5.91 Å². The van der Waals surface area contributed by atoms with Crippen molar-refractivity contribution in [2.45, 2.75) is 6.42 Å². The molecular weight excluding hydrogens is 315 g/mol. The number of benzene rings is 1. The zero-order valence-electron chi connectivity index (χ0n) is 12.6. The first kappa shape index (κ1) is 15.7. The number of hydrogen-bond acceptors (Lipinski definition) is 3. The lowest BCUT2D eigenvalue weighted by molar-refractivity contribution is -0.131. The van der Waals surface area contributed by atoms with Gasteiger partial charge in [0.05, 0.1) is 6.42 Å². The van der Waals surface area contributed by atoms with Crippen molar-refractivity contribution in [3.63, 3.8) is 0 Å². The summed E-state index contributed by atoms with van der Waals surface area (Å²) in [7, 11) is 0. The number of carbonyl (C=O) groups excluding carboxylic acids is 2. The summed E-state index contributed by atoms with van der Waals surface area (Å²) in [6.45, 7) is 1.99. The van der Waals surface area contributed by atoms with Crippen LogP contribution in [0.1, 0.15) is 15.2 Å². The van der Waals surface area contributed by atoms with E-state index in [1.165, 1.54) is 18.2 Å². The minimum Gasteiger partial charge on any atom is -0.339 e. The maximum absolute atomic E-state index is 13.2. The third-order valence-electron chi connectivity index (χ3n) is 3.90. The van der Waals surface area contributed by atoms with E-state index in [-0.39, 0.29) is 11.8 Å². The summed E-state index contributed by atoms with van der Waals surface area (Å²) in [5.74, 6) is -0.513. The van der Waals surface area contributed by atoms with E-state index < -0.39 is 5.82 Å². The highest BCUT2D eigenvalue weighted by atomic mass is 32.1. The molecule has 1 saturated heterocycles. The molecule has 1 fully saturated rings. The fourth-order valence-electron chi connectivity index (χ4n) is 2.64. The lowest BCUT2D eigenvalue weighted by Gasteiger charge is -2.34. The SMILES string of the molecule is O=C(Cc1cccs1)N1CCN(C(=O)c2cccc(F)c2)CC1. The van der Waals surface area contributed by atoms with Gasteiger partial charge in [0.1, 0.15) is 5.82 Å². The minimum absolute atomic E-state index is 0.0882. The quantitative estimate of drug-likeness (QED) is 0.866. The average Bonchev–Trinajstić information content (AvgIpc) is 3.07. The molecule has 3 rings (SSSR count). The Labute approximate surface area is 138 Å². The molecule has 2 aromatic rings. The van der Waals surface area contributed by atoms with Crippen molar-refractivity contribution in [3.8, 4) is 0 Å². The van der Waals surface area contributed by atoms with Gasteiger partial charge >= 0.3 is 0 Å². The van der Waals surface area contributed by atoms with Gasteiger partial charge in [0, 0.05) is 36.6 Å². The molecule has 1 aromatic carbocycles. The summed E-state index contributed by atoms with van der Waals surface area (Å²) in [6.07, 6.45) is 0.412. The number of amides is 2. The van der Waals surface area contributed by atoms with Gasteiger partial charge in [0.15, 0.2) is 0 Å². The fraction of sp³-hybridized carbons (Fsp3) is 0.294. The van der Waals surface area contributed by atoms with Gasteiger partial charge in [0.2, 0.25) is 5.91 Å².